The summed E-state index contributed by atoms with van der Waals surface area (Å²) >= 11 is 0. The minimum atomic E-state index is -0.0171. The Hall–Kier alpha value is -1.39. The Morgan fingerprint density at radius 3 is 2.56 bits per heavy atom. The molecular weight excluding hydrogens is 228 g/mol. The van der Waals surface area contributed by atoms with Crippen molar-refractivity contribution in [3.05, 3.63) is 11.6 Å². The molecular formula is C13H20N4O. The normalized spacial score (nSPS) is 28.4. The van der Waals surface area contributed by atoms with Crippen molar-refractivity contribution in [3.8, 4) is 0 Å². The number of H-pyrrole nitrogens is 1. The van der Waals surface area contributed by atoms with Gasteiger partial charge in [0.05, 0.1) is 0 Å². The van der Waals surface area contributed by atoms with E-state index in [1.165, 1.54) is 19.3 Å². The lowest BCUT2D eigenvalue weighted by Gasteiger charge is -2.34. The highest BCUT2D eigenvalue weighted by Gasteiger charge is 2.31. The molecule has 2 fully saturated rings. The topological polar surface area (TPSA) is 61.9 Å². The van der Waals surface area contributed by atoms with Crippen molar-refractivity contribution in [2.45, 2.75) is 39.0 Å². The van der Waals surface area contributed by atoms with Gasteiger partial charge in [0.15, 0.2) is 0 Å². The van der Waals surface area contributed by atoms with Gasteiger partial charge in [0.2, 0.25) is 5.82 Å². The lowest BCUT2D eigenvalue weighted by atomic mass is 9.92. The Balaban J connectivity index is 1.72. The molecule has 0 spiro atoms. The van der Waals surface area contributed by atoms with E-state index in [-0.39, 0.29) is 5.91 Å². The number of piperidine rings is 1. The van der Waals surface area contributed by atoms with Crippen LogP contribution in [0.4, 0.5) is 0 Å². The molecule has 2 unspecified atom stereocenters. The van der Waals surface area contributed by atoms with Gasteiger partial charge in [-0.25, -0.2) is 4.98 Å². The number of aromatic nitrogens is 3. The minimum Gasteiger partial charge on any atom is -0.335 e. The van der Waals surface area contributed by atoms with Crippen LogP contribution in [0.1, 0.15) is 55.5 Å². The van der Waals surface area contributed by atoms with Crippen LogP contribution in [-0.2, 0) is 0 Å². The fourth-order valence-corrected chi connectivity index (χ4v) is 2.88. The Bertz CT molecular complexity index is 442. The summed E-state index contributed by atoms with van der Waals surface area (Å²) in [7, 11) is 0. The van der Waals surface area contributed by atoms with Crippen molar-refractivity contribution < 1.29 is 4.79 Å². The van der Waals surface area contributed by atoms with E-state index in [4.69, 9.17) is 0 Å². The summed E-state index contributed by atoms with van der Waals surface area (Å²) in [5.41, 5.74) is 0. The Labute approximate surface area is 107 Å². The Morgan fingerprint density at radius 2 is 1.94 bits per heavy atom. The second-order valence-corrected chi connectivity index (χ2v) is 5.97. The highest BCUT2D eigenvalue weighted by Crippen LogP contribution is 2.37. The number of nitrogens with one attached hydrogen (secondary N) is 1. The number of likely N-dealkylation sites (tertiary alicyclic amines) is 1. The first-order valence-electron chi connectivity index (χ1n) is 6.85. The molecule has 1 aliphatic heterocycles. The maximum Gasteiger partial charge on any atom is 0.293 e. The number of nitrogens with zero attached hydrogens (tertiary/aromatic N) is 3. The van der Waals surface area contributed by atoms with Gasteiger partial charge in [-0.2, -0.15) is 0 Å². The van der Waals surface area contributed by atoms with Crippen molar-refractivity contribution in [1.29, 1.82) is 0 Å². The average molecular weight is 248 g/mol. The van der Waals surface area contributed by atoms with Crippen LogP contribution in [-0.4, -0.2) is 39.1 Å². The van der Waals surface area contributed by atoms with E-state index in [9.17, 15) is 4.79 Å². The van der Waals surface area contributed by atoms with Crippen LogP contribution < -0.4 is 0 Å². The number of hydrogen-bond donors (Lipinski definition) is 1. The van der Waals surface area contributed by atoms with Gasteiger partial charge in [0.1, 0.15) is 5.82 Å². The first-order valence-corrected chi connectivity index (χ1v) is 6.85. The fourth-order valence-electron chi connectivity index (χ4n) is 2.88. The molecule has 0 bridgehead atoms. The molecule has 1 saturated heterocycles. The maximum absolute atomic E-state index is 12.3. The quantitative estimate of drug-likeness (QED) is 0.868. The molecule has 0 radical (unpaired) electrons. The third-order valence-corrected chi connectivity index (χ3v) is 3.81. The summed E-state index contributed by atoms with van der Waals surface area (Å²) in [5, 5.41) is 6.98. The number of aromatic amines is 1. The molecule has 2 heterocycles. The van der Waals surface area contributed by atoms with Crippen LogP contribution in [0.3, 0.4) is 0 Å². The van der Waals surface area contributed by atoms with Crippen LogP contribution in [0.25, 0.3) is 0 Å². The van der Waals surface area contributed by atoms with E-state index in [1.54, 1.807) is 0 Å². The highest BCUT2D eigenvalue weighted by atomic mass is 16.2. The summed E-state index contributed by atoms with van der Waals surface area (Å²) in [6, 6.07) is 0. The van der Waals surface area contributed by atoms with Crippen molar-refractivity contribution in [1.82, 2.24) is 20.1 Å². The number of rotatable bonds is 2. The first-order chi connectivity index (χ1) is 8.63. The molecule has 2 atom stereocenters. The van der Waals surface area contributed by atoms with Crippen LogP contribution in [0, 0.1) is 11.8 Å². The number of amides is 1. The first kappa shape index (κ1) is 11.7. The lowest BCUT2D eigenvalue weighted by Crippen LogP contribution is -2.43. The highest BCUT2D eigenvalue weighted by molar-refractivity contribution is 5.90. The van der Waals surface area contributed by atoms with E-state index >= 15 is 0 Å². The van der Waals surface area contributed by atoms with Crippen molar-refractivity contribution in [2.75, 3.05) is 13.1 Å². The fraction of sp³-hybridized carbons (Fsp3) is 0.769. The van der Waals surface area contributed by atoms with E-state index in [0.29, 0.717) is 23.6 Å². The number of hydrogen-bond acceptors (Lipinski definition) is 3. The smallest absolute Gasteiger partial charge is 0.293 e. The summed E-state index contributed by atoms with van der Waals surface area (Å²) in [6.45, 7) is 6.06. The third-order valence-electron chi connectivity index (χ3n) is 3.81. The van der Waals surface area contributed by atoms with Gasteiger partial charge < -0.3 is 4.90 Å². The van der Waals surface area contributed by atoms with Gasteiger partial charge in [0, 0.05) is 19.0 Å². The molecule has 5 heteroatoms. The molecule has 0 aromatic carbocycles. The zero-order valence-corrected chi connectivity index (χ0v) is 11.0. The van der Waals surface area contributed by atoms with Gasteiger partial charge in [0.25, 0.3) is 5.91 Å². The van der Waals surface area contributed by atoms with Crippen LogP contribution >= 0.6 is 0 Å². The Morgan fingerprint density at radius 1 is 1.28 bits per heavy atom. The second kappa shape index (κ2) is 4.37. The summed E-state index contributed by atoms with van der Waals surface area (Å²) < 4.78 is 0. The van der Waals surface area contributed by atoms with Gasteiger partial charge in [-0.3, -0.25) is 9.89 Å². The minimum absolute atomic E-state index is 0.0171. The van der Waals surface area contributed by atoms with Crippen LogP contribution in [0.5, 0.6) is 0 Å². The summed E-state index contributed by atoms with van der Waals surface area (Å²) in [4.78, 5) is 18.6. The predicted octanol–water partition coefficient (Wildman–Crippen LogP) is 1.80. The van der Waals surface area contributed by atoms with Crippen molar-refractivity contribution in [3.63, 3.8) is 0 Å². The lowest BCUT2D eigenvalue weighted by molar-refractivity contribution is 0.0611. The van der Waals surface area contributed by atoms with E-state index in [0.717, 1.165) is 18.9 Å². The molecule has 2 aliphatic rings. The number of carbonyl (C=O) groups is 1. The molecule has 1 aromatic rings. The van der Waals surface area contributed by atoms with Gasteiger partial charge in [-0.1, -0.05) is 13.8 Å². The maximum atomic E-state index is 12.3. The van der Waals surface area contributed by atoms with Crippen molar-refractivity contribution >= 4 is 5.91 Å². The van der Waals surface area contributed by atoms with E-state index in [2.05, 4.69) is 29.0 Å². The molecule has 1 saturated carbocycles. The standard InChI is InChI=1S/C13H20N4O/c1-8-5-9(2)7-17(6-8)13(18)12-14-11(15-16-12)10-3-4-10/h8-10H,3-7H2,1-2H3,(H,14,15,16). The SMILES string of the molecule is CC1CC(C)CN(C(=O)c2n[nH]c(C3CC3)n2)C1. The molecule has 18 heavy (non-hydrogen) atoms. The second-order valence-electron chi connectivity index (χ2n) is 5.97. The Kier molecular flexibility index (Phi) is 2.84. The van der Waals surface area contributed by atoms with Gasteiger partial charge in [-0.15, -0.1) is 5.10 Å². The van der Waals surface area contributed by atoms with Crippen molar-refractivity contribution in [2.24, 2.45) is 11.8 Å². The molecule has 1 amide bonds. The van der Waals surface area contributed by atoms with E-state index < -0.39 is 0 Å². The summed E-state index contributed by atoms with van der Waals surface area (Å²) in [6.07, 6.45) is 3.53. The van der Waals surface area contributed by atoms with Gasteiger partial charge in [-0.05, 0) is 31.1 Å². The van der Waals surface area contributed by atoms with Crippen LogP contribution in [0.2, 0.25) is 0 Å². The molecule has 1 aliphatic carbocycles. The van der Waals surface area contributed by atoms with Crippen LogP contribution in [0.15, 0.2) is 0 Å². The predicted molar refractivity (Wildman–Crippen MR) is 67.2 cm³/mol. The molecule has 1 aromatic heterocycles. The molecule has 1 N–H and O–H groups in total. The average Bonchev–Trinajstić information content (AvgIpc) is 3.05. The monoisotopic (exact) mass is 248 g/mol. The largest absolute Gasteiger partial charge is 0.335 e. The number of carbonyl (C=O) groups excluding carboxylic acids is 1. The summed E-state index contributed by atoms with van der Waals surface area (Å²) in [5.74, 6) is 2.86. The zero-order chi connectivity index (χ0) is 12.7. The molecule has 3 rings (SSSR count). The zero-order valence-electron chi connectivity index (χ0n) is 11.0. The van der Waals surface area contributed by atoms with E-state index in [1.807, 2.05) is 4.90 Å². The molecule has 5 nitrogen and oxygen atoms in total. The third kappa shape index (κ3) is 2.26. The van der Waals surface area contributed by atoms with Gasteiger partial charge >= 0.3 is 0 Å². The molecule has 98 valence electrons.